The van der Waals surface area contributed by atoms with E-state index in [2.05, 4.69) is 25.4 Å². The van der Waals surface area contributed by atoms with Gasteiger partial charge in [0.15, 0.2) is 11.3 Å². The fourth-order valence-corrected chi connectivity index (χ4v) is 3.02. The highest BCUT2D eigenvalue weighted by molar-refractivity contribution is 5.96. The van der Waals surface area contributed by atoms with Crippen LogP contribution in [0.1, 0.15) is 12.6 Å². The third-order valence-electron chi connectivity index (χ3n) is 4.32. The highest BCUT2D eigenvalue weighted by atomic mass is 16.6. The van der Waals surface area contributed by atoms with Gasteiger partial charge >= 0.3 is 5.95 Å². The van der Waals surface area contributed by atoms with Crippen LogP contribution < -0.4 is 9.47 Å². The average Bonchev–Trinajstić information content (AvgIpc) is 3.40. The van der Waals surface area contributed by atoms with E-state index >= 15 is 0 Å². The van der Waals surface area contributed by atoms with E-state index in [1.165, 1.54) is 0 Å². The minimum absolute atomic E-state index is 0.291. The molecule has 144 valence electrons. The lowest BCUT2D eigenvalue weighted by molar-refractivity contribution is 0.226. The third-order valence-corrected chi connectivity index (χ3v) is 4.32. The first-order valence-corrected chi connectivity index (χ1v) is 9.10. The second-order valence-corrected chi connectivity index (χ2v) is 6.18. The Bertz CT molecular complexity index is 1280. The molecule has 0 saturated carbocycles. The van der Waals surface area contributed by atoms with Crippen molar-refractivity contribution in [2.45, 2.75) is 13.5 Å². The largest absolute Gasteiger partial charge is 0.470 e. The summed E-state index contributed by atoms with van der Waals surface area (Å²) in [5.41, 5.74) is 1.88. The zero-order valence-corrected chi connectivity index (χ0v) is 15.5. The van der Waals surface area contributed by atoms with E-state index in [0.717, 1.165) is 16.5 Å². The monoisotopic (exact) mass is 388 g/mol. The maximum Gasteiger partial charge on any atom is 0.311 e. The van der Waals surface area contributed by atoms with Crippen LogP contribution in [0.5, 0.6) is 11.8 Å². The summed E-state index contributed by atoms with van der Waals surface area (Å²) in [5, 5.41) is 18.9. The maximum absolute atomic E-state index is 6.00. The second kappa shape index (κ2) is 7.19. The summed E-state index contributed by atoms with van der Waals surface area (Å²) in [4.78, 5) is 4.29. The average molecular weight is 388 g/mol. The smallest absolute Gasteiger partial charge is 0.311 e. The van der Waals surface area contributed by atoms with Crippen molar-refractivity contribution < 1.29 is 14.0 Å². The van der Waals surface area contributed by atoms with Crippen LogP contribution in [0.2, 0.25) is 0 Å². The van der Waals surface area contributed by atoms with Crippen molar-refractivity contribution in [3.05, 3.63) is 60.4 Å². The van der Waals surface area contributed by atoms with Crippen LogP contribution >= 0.6 is 0 Å². The Morgan fingerprint density at radius 3 is 2.69 bits per heavy atom. The van der Waals surface area contributed by atoms with Crippen molar-refractivity contribution in [1.82, 2.24) is 30.0 Å². The first kappa shape index (κ1) is 17.1. The molecule has 0 bridgehead atoms. The lowest BCUT2D eigenvalue weighted by Gasteiger charge is -2.09. The lowest BCUT2D eigenvalue weighted by atomic mass is 10.2. The number of pyridine rings is 1. The van der Waals surface area contributed by atoms with Crippen molar-refractivity contribution in [1.29, 1.82) is 0 Å². The Morgan fingerprint density at radius 2 is 1.86 bits per heavy atom. The van der Waals surface area contributed by atoms with Crippen LogP contribution in [0.3, 0.4) is 0 Å². The number of rotatable bonds is 6. The fraction of sp³-hybridized carbons (Fsp3) is 0.150. The Hall–Kier alpha value is -4.01. The number of aromatic nitrogens is 6. The normalized spacial score (nSPS) is 11.2. The minimum Gasteiger partial charge on any atom is -0.470 e. The maximum atomic E-state index is 6.00. The molecule has 0 spiro atoms. The van der Waals surface area contributed by atoms with Crippen LogP contribution in [0.4, 0.5) is 0 Å². The summed E-state index contributed by atoms with van der Waals surface area (Å²) >= 11 is 0. The number of benzene rings is 1. The number of ether oxygens (including phenoxy) is 2. The molecule has 9 nitrogen and oxygen atoms in total. The van der Waals surface area contributed by atoms with Crippen LogP contribution in [0.15, 0.2) is 59.3 Å². The standard InChI is InChI=1S/C20H16N6O3/c1-2-27-17-11-16(25-29-17)19-23-22-18-14-8-3-4-9-15(14)20(24-26(18)19)28-12-13-7-5-6-10-21-13/h3-11H,2,12H2,1H3. The lowest BCUT2D eigenvalue weighted by Crippen LogP contribution is -2.04. The molecule has 1 aromatic carbocycles. The van der Waals surface area contributed by atoms with Gasteiger partial charge in [0, 0.05) is 17.0 Å². The van der Waals surface area contributed by atoms with Crippen molar-refractivity contribution in [2.24, 2.45) is 0 Å². The molecule has 0 amide bonds. The van der Waals surface area contributed by atoms with Gasteiger partial charge in [0.1, 0.15) is 6.61 Å². The Morgan fingerprint density at radius 1 is 1.00 bits per heavy atom. The van der Waals surface area contributed by atoms with Gasteiger partial charge in [0.05, 0.1) is 18.4 Å². The molecule has 0 atom stereocenters. The van der Waals surface area contributed by atoms with Crippen LogP contribution in [0, 0.1) is 0 Å². The number of fused-ring (bicyclic) bond motifs is 3. The van der Waals surface area contributed by atoms with E-state index in [-0.39, 0.29) is 0 Å². The SMILES string of the molecule is CCOc1cc(-c2nnc3c4ccccc4c(OCc4ccccn4)nn23)no1. The van der Waals surface area contributed by atoms with Crippen molar-refractivity contribution in [3.63, 3.8) is 0 Å². The Labute approximate surface area is 164 Å². The zero-order chi connectivity index (χ0) is 19.6. The molecule has 5 aromatic rings. The number of hydrogen-bond donors (Lipinski definition) is 0. The van der Waals surface area contributed by atoms with Gasteiger partial charge in [-0.25, -0.2) is 0 Å². The summed E-state index contributed by atoms with van der Waals surface area (Å²) in [6, 6.07) is 15.1. The van der Waals surface area contributed by atoms with E-state index in [4.69, 9.17) is 14.0 Å². The molecule has 0 aliphatic heterocycles. The Kier molecular flexibility index (Phi) is 4.24. The number of hydrogen-bond acceptors (Lipinski definition) is 8. The quantitative estimate of drug-likeness (QED) is 0.437. The van der Waals surface area contributed by atoms with Crippen LogP contribution in [-0.4, -0.2) is 36.6 Å². The van der Waals surface area contributed by atoms with Gasteiger partial charge in [-0.1, -0.05) is 29.4 Å². The topological polar surface area (TPSA) is 100 Å². The molecule has 9 heteroatoms. The molecule has 0 unspecified atom stereocenters. The summed E-state index contributed by atoms with van der Waals surface area (Å²) in [5.74, 6) is 1.20. The first-order valence-electron chi connectivity index (χ1n) is 9.10. The molecule has 0 saturated heterocycles. The predicted molar refractivity (Wildman–Crippen MR) is 104 cm³/mol. The van der Waals surface area contributed by atoms with Gasteiger partial charge in [-0.15, -0.1) is 15.3 Å². The summed E-state index contributed by atoms with van der Waals surface area (Å²) in [7, 11) is 0. The van der Waals surface area contributed by atoms with E-state index in [0.29, 0.717) is 42.2 Å². The molecule has 29 heavy (non-hydrogen) atoms. The molecule has 4 heterocycles. The summed E-state index contributed by atoms with van der Waals surface area (Å²) in [6.45, 7) is 2.64. The second-order valence-electron chi connectivity index (χ2n) is 6.18. The third kappa shape index (κ3) is 3.12. The zero-order valence-electron chi connectivity index (χ0n) is 15.5. The van der Waals surface area contributed by atoms with E-state index in [1.54, 1.807) is 16.8 Å². The first-order chi connectivity index (χ1) is 14.3. The van der Waals surface area contributed by atoms with Crippen LogP contribution in [-0.2, 0) is 6.61 Å². The summed E-state index contributed by atoms with van der Waals surface area (Å²) < 4.78 is 18.1. The van der Waals surface area contributed by atoms with Gasteiger partial charge in [0.25, 0.3) is 0 Å². The number of nitrogens with zero attached hydrogens (tertiary/aromatic N) is 6. The van der Waals surface area contributed by atoms with Crippen molar-refractivity contribution in [3.8, 4) is 23.3 Å². The molecule has 0 aliphatic carbocycles. The van der Waals surface area contributed by atoms with Crippen LogP contribution in [0.25, 0.3) is 27.9 Å². The van der Waals surface area contributed by atoms with E-state index in [9.17, 15) is 0 Å². The Balaban J connectivity index is 1.61. The fourth-order valence-electron chi connectivity index (χ4n) is 3.02. The predicted octanol–water partition coefficient (Wildman–Crippen LogP) is 3.31. The van der Waals surface area contributed by atoms with Gasteiger partial charge in [0.2, 0.25) is 11.7 Å². The molecular weight excluding hydrogens is 372 g/mol. The molecule has 4 aromatic heterocycles. The highest BCUT2D eigenvalue weighted by Gasteiger charge is 2.19. The summed E-state index contributed by atoms with van der Waals surface area (Å²) in [6.07, 6.45) is 1.73. The van der Waals surface area contributed by atoms with Gasteiger partial charge < -0.3 is 14.0 Å². The van der Waals surface area contributed by atoms with Gasteiger partial charge in [-0.3, -0.25) is 4.98 Å². The molecule has 5 rings (SSSR count). The van der Waals surface area contributed by atoms with E-state index in [1.807, 2.05) is 49.4 Å². The van der Waals surface area contributed by atoms with E-state index < -0.39 is 0 Å². The molecular formula is C20H16N6O3. The van der Waals surface area contributed by atoms with Gasteiger partial charge in [-0.2, -0.15) is 4.52 Å². The molecule has 0 radical (unpaired) electrons. The van der Waals surface area contributed by atoms with Crippen molar-refractivity contribution in [2.75, 3.05) is 6.61 Å². The molecule has 0 fully saturated rings. The highest BCUT2D eigenvalue weighted by Crippen LogP contribution is 2.29. The molecule has 0 aliphatic rings. The minimum atomic E-state index is 0.291. The molecule has 0 N–H and O–H groups in total. The van der Waals surface area contributed by atoms with Crippen molar-refractivity contribution >= 4 is 16.4 Å². The van der Waals surface area contributed by atoms with Gasteiger partial charge in [-0.05, 0) is 25.1 Å².